The molecule has 5 heteroatoms. The summed E-state index contributed by atoms with van der Waals surface area (Å²) in [5.41, 5.74) is 2.02. The number of aryl methyl sites for hydroxylation is 1. The quantitative estimate of drug-likeness (QED) is 0.806. The van der Waals surface area contributed by atoms with Crippen molar-refractivity contribution in [3.8, 4) is 0 Å². The maximum atomic E-state index is 12.3. The first-order valence-corrected chi connectivity index (χ1v) is 8.04. The zero-order valence-electron chi connectivity index (χ0n) is 10.8. The third kappa shape index (κ3) is 2.52. The van der Waals surface area contributed by atoms with Crippen molar-refractivity contribution in [3.63, 3.8) is 0 Å². The molecule has 0 aliphatic rings. The van der Waals surface area contributed by atoms with Crippen LogP contribution in [0.4, 0.5) is 0 Å². The molecule has 18 heavy (non-hydrogen) atoms. The zero-order chi connectivity index (χ0) is 13.3. The average Bonchev–Trinajstić information content (AvgIpc) is 2.71. The van der Waals surface area contributed by atoms with Gasteiger partial charge >= 0.3 is 0 Å². The molecule has 98 valence electrons. The van der Waals surface area contributed by atoms with E-state index >= 15 is 0 Å². The van der Waals surface area contributed by atoms with Crippen molar-refractivity contribution in [1.82, 2.24) is 9.55 Å². The molecule has 0 aromatic carbocycles. The molecule has 0 spiro atoms. The number of hydrogen-bond acceptors (Lipinski definition) is 3. The van der Waals surface area contributed by atoms with Gasteiger partial charge in [-0.1, -0.05) is 29.8 Å². The van der Waals surface area contributed by atoms with Crippen LogP contribution < -0.4 is 5.56 Å². The number of fused-ring (bicyclic) bond motifs is 1. The van der Waals surface area contributed by atoms with Gasteiger partial charge in [0.15, 0.2) is 0 Å². The number of alkyl halides is 1. The van der Waals surface area contributed by atoms with Crippen LogP contribution in [0.5, 0.6) is 0 Å². The monoisotopic (exact) mass is 328 g/mol. The third-order valence-corrected chi connectivity index (χ3v) is 5.20. The van der Waals surface area contributed by atoms with Gasteiger partial charge in [0.25, 0.3) is 5.56 Å². The molecule has 1 unspecified atom stereocenters. The van der Waals surface area contributed by atoms with Crippen LogP contribution >= 0.6 is 27.3 Å². The fourth-order valence-corrected chi connectivity index (χ4v) is 3.78. The average molecular weight is 329 g/mol. The fraction of sp³-hybridized carbons (Fsp3) is 0.538. The number of aromatic nitrogens is 2. The molecule has 0 fully saturated rings. The topological polar surface area (TPSA) is 34.9 Å². The summed E-state index contributed by atoms with van der Waals surface area (Å²) in [6.07, 6.45) is 1.68. The lowest BCUT2D eigenvalue weighted by Crippen LogP contribution is -2.26. The van der Waals surface area contributed by atoms with Gasteiger partial charge in [-0.3, -0.25) is 9.36 Å². The molecule has 0 saturated carbocycles. The van der Waals surface area contributed by atoms with Crippen molar-refractivity contribution in [2.75, 3.05) is 5.33 Å². The van der Waals surface area contributed by atoms with Crippen LogP contribution in [0.2, 0.25) is 0 Å². The second-order valence-electron chi connectivity index (χ2n) is 4.96. The standard InChI is InChI=1S/C13H17BrN2OS/c1-8(2)10(4-14)5-16-7-15-11-9(3)6-18-12(11)13(16)17/h6-8,10H,4-5H2,1-3H3. The fourth-order valence-electron chi connectivity index (χ4n) is 1.88. The summed E-state index contributed by atoms with van der Waals surface area (Å²) >= 11 is 5.01. The molecule has 2 aromatic rings. The minimum atomic E-state index is 0.0877. The number of halogens is 1. The molecule has 2 rings (SSSR count). The van der Waals surface area contributed by atoms with Gasteiger partial charge in [0.2, 0.25) is 0 Å². The summed E-state index contributed by atoms with van der Waals surface area (Å²) in [4.78, 5) is 16.7. The number of hydrogen-bond donors (Lipinski definition) is 0. The highest BCUT2D eigenvalue weighted by atomic mass is 79.9. The molecular formula is C13H17BrN2OS. The molecule has 0 N–H and O–H groups in total. The zero-order valence-corrected chi connectivity index (χ0v) is 13.2. The lowest BCUT2D eigenvalue weighted by Gasteiger charge is -2.18. The Balaban J connectivity index is 2.40. The SMILES string of the molecule is Cc1csc2c(=O)n(CC(CBr)C(C)C)cnc12. The molecule has 0 radical (unpaired) electrons. The van der Waals surface area contributed by atoms with Crippen LogP contribution in [0.15, 0.2) is 16.5 Å². The second-order valence-corrected chi connectivity index (χ2v) is 6.48. The van der Waals surface area contributed by atoms with Crippen molar-refractivity contribution in [3.05, 3.63) is 27.6 Å². The largest absolute Gasteiger partial charge is 0.298 e. The first-order valence-electron chi connectivity index (χ1n) is 6.03. The van der Waals surface area contributed by atoms with Gasteiger partial charge in [-0.15, -0.1) is 11.3 Å². The van der Waals surface area contributed by atoms with Gasteiger partial charge in [-0.25, -0.2) is 4.98 Å². The smallest absolute Gasteiger partial charge is 0.271 e. The Hall–Kier alpha value is -0.680. The molecule has 0 aliphatic heterocycles. The van der Waals surface area contributed by atoms with Crippen LogP contribution in [0, 0.1) is 18.8 Å². The normalized spacial score (nSPS) is 13.4. The van der Waals surface area contributed by atoms with Crippen molar-refractivity contribution in [2.24, 2.45) is 11.8 Å². The van der Waals surface area contributed by atoms with Crippen molar-refractivity contribution in [1.29, 1.82) is 0 Å². The molecule has 2 aromatic heterocycles. The van der Waals surface area contributed by atoms with Crippen LogP contribution in [0.25, 0.3) is 10.2 Å². The van der Waals surface area contributed by atoms with Crippen molar-refractivity contribution < 1.29 is 0 Å². The Morgan fingerprint density at radius 1 is 1.50 bits per heavy atom. The number of rotatable bonds is 4. The highest BCUT2D eigenvalue weighted by Gasteiger charge is 2.15. The van der Waals surface area contributed by atoms with Crippen LogP contribution in [0.3, 0.4) is 0 Å². The third-order valence-electron chi connectivity index (χ3n) is 3.30. The van der Waals surface area contributed by atoms with E-state index in [9.17, 15) is 4.79 Å². The Kier molecular flexibility index (Phi) is 4.22. The van der Waals surface area contributed by atoms with E-state index < -0.39 is 0 Å². The van der Waals surface area contributed by atoms with Crippen LogP contribution in [-0.4, -0.2) is 14.9 Å². The molecule has 0 aliphatic carbocycles. The summed E-state index contributed by atoms with van der Waals surface area (Å²) in [6, 6.07) is 0. The van der Waals surface area contributed by atoms with Gasteiger partial charge in [0, 0.05) is 11.9 Å². The van der Waals surface area contributed by atoms with Gasteiger partial charge in [0.05, 0.1) is 11.8 Å². The summed E-state index contributed by atoms with van der Waals surface area (Å²) in [7, 11) is 0. The second kappa shape index (κ2) is 5.53. The highest BCUT2D eigenvalue weighted by Crippen LogP contribution is 2.20. The van der Waals surface area contributed by atoms with Gasteiger partial charge in [0.1, 0.15) is 4.70 Å². The molecule has 2 heterocycles. The van der Waals surface area contributed by atoms with Gasteiger partial charge < -0.3 is 0 Å². The molecule has 0 amide bonds. The molecule has 3 nitrogen and oxygen atoms in total. The van der Waals surface area contributed by atoms with E-state index in [-0.39, 0.29) is 5.56 Å². The van der Waals surface area contributed by atoms with E-state index in [1.165, 1.54) is 11.3 Å². The van der Waals surface area contributed by atoms with E-state index in [1.807, 2.05) is 12.3 Å². The molecule has 0 saturated heterocycles. The Morgan fingerprint density at radius 3 is 2.83 bits per heavy atom. The van der Waals surface area contributed by atoms with Crippen LogP contribution in [0.1, 0.15) is 19.4 Å². The Bertz CT molecular complexity index is 603. The van der Waals surface area contributed by atoms with Crippen LogP contribution in [-0.2, 0) is 6.54 Å². The van der Waals surface area contributed by atoms with E-state index in [0.29, 0.717) is 11.8 Å². The molecule has 0 bridgehead atoms. The van der Waals surface area contributed by atoms with E-state index in [1.54, 1.807) is 10.9 Å². The maximum Gasteiger partial charge on any atom is 0.271 e. The minimum Gasteiger partial charge on any atom is -0.298 e. The van der Waals surface area contributed by atoms with Gasteiger partial charge in [-0.05, 0) is 29.7 Å². The van der Waals surface area contributed by atoms with E-state index in [2.05, 4.69) is 34.8 Å². The predicted octanol–water partition coefficient (Wildman–Crippen LogP) is 3.43. The van der Waals surface area contributed by atoms with E-state index in [4.69, 9.17) is 0 Å². The Labute approximate surface area is 119 Å². The van der Waals surface area contributed by atoms with Gasteiger partial charge in [-0.2, -0.15) is 0 Å². The maximum absolute atomic E-state index is 12.3. The first-order chi connectivity index (χ1) is 8.54. The first kappa shape index (κ1) is 13.7. The molecular weight excluding hydrogens is 312 g/mol. The lowest BCUT2D eigenvalue weighted by atomic mass is 9.98. The predicted molar refractivity (Wildman–Crippen MR) is 80.7 cm³/mol. The number of thiophene rings is 1. The minimum absolute atomic E-state index is 0.0877. The summed E-state index contributed by atoms with van der Waals surface area (Å²) in [5.74, 6) is 0.986. The summed E-state index contributed by atoms with van der Waals surface area (Å²) < 4.78 is 2.51. The van der Waals surface area contributed by atoms with E-state index in [0.717, 1.165) is 27.7 Å². The number of nitrogens with zero attached hydrogens (tertiary/aromatic N) is 2. The summed E-state index contributed by atoms with van der Waals surface area (Å²) in [6.45, 7) is 7.07. The van der Waals surface area contributed by atoms with Crippen molar-refractivity contribution >= 4 is 37.5 Å². The van der Waals surface area contributed by atoms with Crippen molar-refractivity contribution in [2.45, 2.75) is 27.3 Å². The Morgan fingerprint density at radius 2 is 2.22 bits per heavy atom. The molecule has 1 atom stereocenters. The highest BCUT2D eigenvalue weighted by molar-refractivity contribution is 9.09. The lowest BCUT2D eigenvalue weighted by molar-refractivity contribution is 0.368. The summed E-state index contributed by atoms with van der Waals surface area (Å²) in [5, 5.41) is 2.90.